The second-order valence-electron chi connectivity index (χ2n) is 5.03. The van der Waals surface area contributed by atoms with Crippen LogP contribution in [-0.4, -0.2) is 29.5 Å². The molecule has 0 saturated heterocycles. The Kier molecular flexibility index (Phi) is 4.12. The van der Waals surface area contributed by atoms with Crippen molar-refractivity contribution in [3.63, 3.8) is 0 Å². The fourth-order valence-corrected chi connectivity index (χ4v) is 2.43. The average molecular weight is 248 g/mol. The highest BCUT2D eigenvalue weighted by molar-refractivity contribution is 5.92. The summed E-state index contributed by atoms with van der Waals surface area (Å²) in [7, 11) is 1.76. The van der Waals surface area contributed by atoms with Gasteiger partial charge in [-0.05, 0) is 24.7 Å². The predicted molar refractivity (Wildman–Crippen MR) is 70.4 cm³/mol. The third kappa shape index (κ3) is 3.18. The van der Waals surface area contributed by atoms with E-state index in [1.807, 2.05) is 0 Å². The van der Waals surface area contributed by atoms with Crippen molar-refractivity contribution in [2.45, 2.75) is 26.2 Å². The Hall–Kier alpha value is -1.65. The third-order valence-electron chi connectivity index (χ3n) is 3.48. The van der Waals surface area contributed by atoms with E-state index in [9.17, 15) is 4.79 Å². The van der Waals surface area contributed by atoms with Crippen LogP contribution in [0, 0.1) is 11.8 Å². The smallest absolute Gasteiger partial charge is 0.271 e. The number of anilines is 1. The molecule has 0 spiro atoms. The Morgan fingerprint density at radius 1 is 1.44 bits per heavy atom. The summed E-state index contributed by atoms with van der Waals surface area (Å²) in [6.07, 6.45) is 6.78. The maximum atomic E-state index is 11.9. The van der Waals surface area contributed by atoms with Gasteiger partial charge in [-0.3, -0.25) is 9.78 Å². The largest absolute Gasteiger partial charge is 0.372 e. The van der Waals surface area contributed by atoms with Gasteiger partial charge >= 0.3 is 0 Å². The van der Waals surface area contributed by atoms with E-state index in [0.29, 0.717) is 17.4 Å². The SMILES string of the molecule is CNc1cncc(C(=O)NCC2CCC(C)C2)n1. The van der Waals surface area contributed by atoms with Crippen LogP contribution in [-0.2, 0) is 0 Å². The zero-order valence-electron chi connectivity index (χ0n) is 10.9. The molecule has 1 amide bonds. The number of rotatable bonds is 4. The van der Waals surface area contributed by atoms with E-state index in [0.717, 1.165) is 12.5 Å². The van der Waals surface area contributed by atoms with Crippen LogP contribution >= 0.6 is 0 Å². The van der Waals surface area contributed by atoms with E-state index in [-0.39, 0.29) is 5.91 Å². The maximum absolute atomic E-state index is 11.9. The van der Waals surface area contributed by atoms with E-state index in [1.165, 1.54) is 25.5 Å². The summed E-state index contributed by atoms with van der Waals surface area (Å²) >= 11 is 0. The first-order valence-electron chi connectivity index (χ1n) is 6.47. The van der Waals surface area contributed by atoms with Gasteiger partial charge in [-0.2, -0.15) is 0 Å². The lowest BCUT2D eigenvalue weighted by Crippen LogP contribution is -2.29. The highest BCUT2D eigenvalue weighted by Crippen LogP contribution is 2.29. The molecule has 1 aromatic rings. The summed E-state index contributed by atoms with van der Waals surface area (Å²) < 4.78 is 0. The Labute approximate surface area is 107 Å². The molecule has 2 N–H and O–H groups in total. The number of carbonyl (C=O) groups is 1. The van der Waals surface area contributed by atoms with Gasteiger partial charge in [0.25, 0.3) is 5.91 Å². The number of hydrogen-bond acceptors (Lipinski definition) is 4. The second kappa shape index (κ2) is 5.80. The molecule has 5 heteroatoms. The van der Waals surface area contributed by atoms with E-state index in [4.69, 9.17) is 0 Å². The lowest BCUT2D eigenvalue weighted by atomic mass is 10.1. The van der Waals surface area contributed by atoms with E-state index < -0.39 is 0 Å². The second-order valence-corrected chi connectivity index (χ2v) is 5.03. The van der Waals surface area contributed by atoms with Crippen molar-refractivity contribution in [3.8, 4) is 0 Å². The van der Waals surface area contributed by atoms with Gasteiger partial charge in [-0.15, -0.1) is 0 Å². The van der Waals surface area contributed by atoms with Gasteiger partial charge in [0.15, 0.2) is 0 Å². The van der Waals surface area contributed by atoms with Crippen LogP contribution in [0.4, 0.5) is 5.82 Å². The van der Waals surface area contributed by atoms with Crippen LogP contribution in [0.5, 0.6) is 0 Å². The van der Waals surface area contributed by atoms with Gasteiger partial charge in [-0.25, -0.2) is 4.98 Å². The van der Waals surface area contributed by atoms with Gasteiger partial charge in [0.1, 0.15) is 11.5 Å². The average Bonchev–Trinajstić information content (AvgIpc) is 2.82. The molecule has 0 radical (unpaired) electrons. The maximum Gasteiger partial charge on any atom is 0.271 e. The van der Waals surface area contributed by atoms with Crippen molar-refractivity contribution in [1.82, 2.24) is 15.3 Å². The summed E-state index contributed by atoms with van der Waals surface area (Å²) in [5.41, 5.74) is 0.368. The standard InChI is InChI=1S/C13H20N4O/c1-9-3-4-10(5-9)6-16-13(18)11-7-15-8-12(14-2)17-11/h7-10H,3-6H2,1-2H3,(H,14,17)(H,16,18). The topological polar surface area (TPSA) is 66.9 Å². The Morgan fingerprint density at radius 2 is 2.28 bits per heavy atom. The molecule has 1 aliphatic carbocycles. The predicted octanol–water partition coefficient (Wildman–Crippen LogP) is 1.68. The first-order chi connectivity index (χ1) is 8.69. The molecular formula is C13H20N4O. The Balaban J connectivity index is 1.87. The number of nitrogens with zero attached hydrogens (tertiary/aromatic N) is 2. The fourth-order valence-electron chi connectivity index (χ4n) is 2.43. The highest BCUT2D eigenvalue weighted by Gasteiger charge is 2.21. The number of hydrogen-bond donors (Lipinski definition) is 2. The number of nitrogens with one attached hydrogen (secondary N) is 2. The molecule has 0 aliphatic heterocycles. The molecule has 2 atom stereocenters. The third-order valence-corrected chi connectivity index (χ3v) is 3.48. The molecule has 18 heavy (non-hydrogen) atoms. The van der Waals surface area contributed by atoms with Crippen molar-refractivity contribution in [2.75, 3.05) is 18.9 Å². The minimum atomic E-state index is -0.140. The molecule has 1 saturated carbocycles. The van der Waals surface area contributed by atoms with Crippen molar-refractivity contribution in [3.05, 3.63) is 18.1 Å². The lowest BCUT2D eigenvalue weighted by molar-refractivity contribution is 0.0942. The number of aromatic nitrogens is 2. The van der Waals surface area contributed by atoms with Crippen LogP contribution in [0.3, 0.4) is 0 Å². The van der Waals surface area contributed by atoms with Crippen LogP contribution in [0.25, 0.3) is 0 Å². The van der Waals surface area contributed by atoms with Gasteiger partial charge in [0.05, 0.1) is 12.4 Å². The molecule has 2 rings (SSSR count). The molecule has 1 heterocycles. The van der Waals surface area contributed by atoms with E-state index in [2.05, 4.69) is 27.5 Å². The van der Waals surface area contributed by atoms with E-state index >= 15 is 0 Å². The Morgan fingerprint density at radius 3 is 2.94 bits per heavy atom. The normalized spacial score (nSPS) is 22.8. The van der Waals surface area contributed by atoms with Crippen molar-refractivity contribution >= 4 is 11.7 Å². The van der Waals surface area contributed by atoms with Gasteiger partial charge in [0.2, 0.25) is 0 Å². The minimum absolute atomic E-state index is 0.140. The monoisotopic (exact) mass is 248 g/mol. The van der Waals surface area contributed by atoms with Crippen molar-refractivity contribution in [1.29, 1.82) is 0 Å². The first-order valence-corrected chi connectivity index (χ1v) is 6.47. The molecule has 0 bridgehead atoms. The Bertz CT molecular complexity index is 421. The van der Waals surface area contributed by atoms with Crippen molar-refractivity contribution in [2.24, 2.45) is 11.8 Å². The molecule has 1 fully saturated rings. The summed E-state index contributed by atoms with van der Waals surface area (Å²) in [5.74, 6) is 1.87. The summed E-state index contributed by atoms with van der Waals surface area (Å²) in [6.45, 7) is 3.01. The van der Waals surface area contributed by atoms with Gasteiger partial charge in [0, 0.05) is 13.6 Å². The number of carbonyl (C=O) groups excluding carboxylic acids is 1. The van der Waals surface area contributed by atoms with Crippen molar-refractivity contribution < 1.29 is 4.79 Å². The quantitative estimate of drug-likeness (QED) is 0.851. The molecule has 5 nitrogen and oxygen atoms in total. The zero-order chi connectivity index (χ0) is 13.0. The molecule has 1 aliphatic rings. The fraction of sp³-hybridized carbons (Fsp3) is 0.615. The summed E-state index contributed by atoms with van der Waals surface area (Å²) in [4.78, 5) is 20.1. The zero-order valence-corrected chi connectivity index (χ0v) is 10.9. The molecule has 2 unspecified atom stereocenters. The van der Waals surface area contributed by atoms with Crippen LogP contribution in [0.15, 0.2) is 12.4 Å². The van der Waals surface area contributed by atoms with Crippen LogP contribution in [0.2, 0.25) is 0 Å². The minimum Gasteiger partial charge on any atom is -0.372 e. The van der Waals surface area contributed by atoms with Crippen LogP contribution in [0.1, 0.15) is 36.7 Å². The van der Waals surface area contributed by atoms with Gasteiger partial charge < -0.3 is 10.6 Å². The molecule has 0 aromatic carbocycles. The first kappa shape index (κ1) is 12.8. The summed E-state index contributed by atoms with van der Waals surface area (Å²) in [6, 6.07) is 0. The molecule has 1 aromatic heterocycles. The molecule has 98 valence electrons. The van der Waals surface area contributed by atoms with Crippen LogP contribution < -0.4 is 10.6 Å². The summed E-state index contributed by atoms with van der Waals surface area (Å²) in [5, 5.41) is 5.82. The highest BCUT2D eigenvalue weighted by atomic mass is 16.1. The van der Waals surface area contributed by atoms with Gasteiger partial charge in [-0.1, -0.05) is 13.3 Å². The van der Waals surface area contributed by atoms with E-state index in [1.54, 1.807) is 13.2 Å². The lowest BCUT2D eigenvalue weighted by Gasteiger charge is -2.11. The molecular weight excluding hydrogens is 228 g/mol. The number of amides is 1.